The van der Waals surface area contributed by atoms with Crippen LogP contribution in [0.4, 0.5) is 0 Å². The fraction of sp³-hybridized carbons (Fsp3) is 0.222. The molecule has 0 aliphatic carbocycles. The molecule has 4 aromatic rings. The molecule has 0 fully saturated rings. The summed E-state index contributed by atoms with van der Waals surface area (Å²) in [6.07, 6.45) is 0. The van der Waals surface area contributed by atoms with Gasteiger partial charge in [0.15, 0.2) is 17.3 Å². The Morgan fingerprint density at radius 2 is 1.45 bits per heavy atom. The zero-order valence-corrected chi connectivity index (χ0v) is 19.1. The molecule has 4 rings (SSSR count). The van der Waals surface area contributed by atoms with Crippen molar-refractivity contribution < 1.29 is 23.4 Å². The van der Waals surface area contributed by atoms with Crippen molar-refractivity contribution in [2.45, 2.75) is 13.8 Å². The second-order valence-electron chi connectivity index (χ2n) is 7.67. The van der Waals surface area contributed by atoms with Crippen LogP contribution in [0.15, 0.2) is 69.9 Å². The first kappa shape index (κ1) is 22.3. The molecular formula is C27H26O6. The standard InChI is InChI=1S/C27H26O6/c1-17-5-9-20(10-6-17)31-13-14-32-27-25(28)21-11-7-18(2)15-23(21)33-26(27)19-8-12-22(29-3)24(16-19)30-4/h5-12,15-16H,13-14H2,1-4H3. The van der Waals surface area contributed by atoms with Gasteiger partial charge in [-0.25, -0.2) is 0 Å². The van der Waals surface area contributed by atoms with Crippen LogP contribution in [0.1, 0.15) is 11.1 Å². The van der Waals surface area contributed by atoms with Crippen molar-refractivity contribution in [3.8, 4) is 34.3 Å². The van der Waals surface area contributed by atoms with Crippen molar-refractivity contribution in [2.75, 3.05) is 27.4 Å². The van der Waals surface area contributed by atoms with E-state index in [0.29, 0.717) is 33.8 Å². The van der Waals surface area contributed by atoms with E-state index >= 15 is 0 Å². The zero-order valence-electron chi connectivity index (χ0n) is 19.1. The van der Waals surface area contributed by atoms with E-state index in [-0.39, 0.29) is 24.4 Å². The number of benzene rings is 3. The quantitative estimate of drug-likeness (QED) is 0.331. The van der Waals surface area contributed by atoms with Crippen molar-refractivity contribution in [2.24, 2.45) is 0 Å². The van der Waals surface area contributed by atoms with E-state index in [0.717, 1.165) is 16.9 Å². The molecule has 0 amide bonds. The highest BCUT2D eigenvalue weighted by atomic mass is 16.5. The normalized spacial score (nSPS) is 10.8. The molecule has 0 bridgehead atoms. The molecule has 0 aliphatic rings. The number of ether oxygens (including phenoxy) is 4. The Labute approximate surface area is 192 Å². The molecule has 6 heteroatoms. The van der Waals surface area contributed by atoms with Gasteiger partial charge in [-0.1, -0.05) is 23.8 Å². The lowest BCUT2D eigenvalue weighted by molar-refractivity contribution is 0.214. The molecule has 0 saturated heterocycles. The average Bonchev–Trinajstić information content (AvgIpc) is 2.83. The zero-order chi connectivity index (χ0) is 23.4. The lowest BCUT2D eigenvalue weighted by atomic mass is 10.1. The van der Waals surface area contributed by atoms with Gasteiger partial charge in [0.2, 0.25) is 11.2 Å². The Morgan fingerprint density at radius 3 is 2.18 bits per heavy atom. The molecule has 1 aromatic heterocycles. The van der Waals surface area contributed by atoms with Gasteiger partial charge >= 0.3 is 0 Å². The van der Waals surface area contributed by atoms with Crippen LogP contribution in [0.5, 0.6) is 23.0 Å². The maximum absolute atomic E-state index is 13.3. The highest BCUT2D eigenvalue weighted by Gasteiger charge is 2.19. The van der Waals surface area contributed by atoms with Crippen LogP contribution in [0.2, 0.25) is 0 Å². The van der Waals surface area contributed by atoms with E-state index in [1.807, 2.05) is 50.2 Å². The van der Waals surface area contributed by atoms with Crippen LogP contribution < -0.4 is 24.4 Å². The minimum absolute atomic E-state index is 0.131. The third-order valence-electron chi connectivity index (χ3n) is 5.27. The van der Waals surface area contributed by atoms with Gasteiger partial charge in [0, 0.05) is 5.56 Å². The molecule has 33 heavy (non-hydrogen) atoms. The van der Waals surface area contributed by atoms with Crippen LogP contribution >= 0.6 is 0 Å². The van der Waals surface area contributed by atoms with Gasteiger partial charge in [-0.15, -0.1) is 0 Å². The Balaban J connectivity index is 1.69. The Kier molecular flexibility index (Phi) is 6.54. The fourth-order valence-electron chi connectivity index (χ4n) is 3.52. The number of rotatable bonds is 8. The van der Waals surface area contributed by atoms with Crippen molar-refractivity contribution in [1.82, 2.24) is 0 Å². The third-order valence-corrected chi connectivity index (χ3v) is 5.27. The maximum Gasteiger partial charge on any atom is 0.235 e. The molecule has 0 saturated carbocycles. The lowest BCUT2D eigenvalue weighted by Crippen LogP contribution is -2.15. The minimum Gasteiger partial charge on any atom is -0.493 e. The molecular weight excluding hydrogens is 420 g/mol. The Hall–Kier alpha value is -3.93. The van der Waals surface area contributed by atoms with Crippen LogP contribution in [0, 0.1) is 13.8 Å². The first-order chi connectivity index (χ1) is 16.0. The fourth-order valence-corrected chi connectivity index (χ4v) is 3.52. The second-order valence-corrected chi connectivity index (χ2v) is 7.67. The number of hydrogen-bond acceptors (Lipinski definition) is 6. The number of aryl methyl sites for hydroxylation is 2. The maximum atomic E-state index is 13.3. The molecule has 6 nitrogen and oxygen atoms in total. The van der Waals surface area contributed by atoms with Crippen molar-refractivity contribution >= 4 is 11.0 Å². The molecule has 3 aromatic carbocycles. The Bertz CT molecular complexity index is 1320. The van der Waals surface area contributed by atoms with Crippen LogP contribution in [-0.2, 0) is 0 Å². The van der Waals surface area contributed by atoms with Gasteiger partial charge < -0.3 is 23.4 Å². The van der Waals surface area contributed by atoms with Crippen LogP contribution in [0.3, 0.4) is 0 Å². The van der Waals surface area contributed by atoms with Crippen LogP contribution in [-0.4, -0.2) is 27.4 Å². The monoisotopic (exact) mass is 446 g/mol. The summed E-state index contributed by atoms with van der Waals surface area (Å²) in [7, 11) is 3.13. The summed E-state index contributed by atoms with van der Waals surface area (Å²) in [5.74, 6) is 2.30. The van der Waals surface area contributed by atoms with Gasteiger partial charge in [0.1, 0.15) is 24.5 Å². The van der Waals surface area contributed by atoms with Gasteiger partial charge in [-0.05, 0) is 61.9 Å². The minimum atomic E-state index is -0.239. The van der Waals surface area contributed by atoms with Crippen LogP contribution in [0.25, 0.3) is 22.3 Å². The first-order valence-electron chi connectivity index (χ1n) is 10.6. The average molecular weight is 446 g/mol. The molecule has 0 unspecified atom stereocenters. The van der Waals surface area contributed by atoms with E-state index in [4.69, 9.17) is 23.4 Å². The summed E-state index contributed by atoms with van der Waals surface area (Å²) in [4.78, 5) is 13.3. The molecule has 170 valence electrons. The van der Waals surface area contributed by atoms with Crippen molar-refractivity contribution in [1.29, 1.82) is 0 Å². The number of fused-ring (bicyclic) bond motifs is 1. The summed E-state index contributed by atoms with van der Waals surface area (Å²) in [5.41, 5.74) is 3.04. The first-order valence-corrected chi connectivity index (χ1v) is 10.6. The number of hydrogen-bond donors (Lipinski definition) is 0. The Morgan fingerprint density at radius 1 is 0.758 bits per heavy atom. The highest BCUT2D eigenvalue weighted by Crippen LogP contribution is 2.36. The predicted molar refractivity (Wildman–Crippen MR) is 128 cm³/mol. The largest absolute Gasteiger partial charge is 0.493 e. The topological polar surface area (TPSA) is 67.1 Å². The smallest absolute Gasteiger partial charge is 0.235 e. The second kappa shape index (κ2) is 9.69. The SMILES string of the molecule is COc1ccc(-c2oc3cc(C)ccc3c(=O)c2OCCOc2ccc(C)cc2)cc1OC. The highest BCUT2D eigenvalue weighted by molar-refractivity contribution is 5.83. The predicted octanol–water partition coefficient (Wildman–Crippen LogP) is 5.55. The summed E-state index contributed by atoms with van der Waals surface area (Å²) < 4.78 is 28.6. The summed E-state index contributed by atoms with van der Waals surface area (Å²) in [5, 5.41) is 0.458. The van der Waals surface area contributed by atoms with Gasteiger partial charge in [0.25, 0.3) is 0 Å². The molecule has 1 heterocycles. The molecule has 0 atom stereocenters. The van der Waals surface area contributed by atoms with E-state index in [2.05, 4.69) is 0 Å². The van der Waals surface area contributed by atoms with Gasteiger partial charge in [-0.3, -0.25) is 4.79 Å². The van der Waals surface area contributed by atoms with E-state index in [1.165, 1.54) is 0 Å². The number of methoxy groups -OCH3 is 2. The molecule has 0 aliphatic heterocycles. The third kappa shape index (κ3) is 4.80. The molecule has 0 N–H and O–H groups in total. The van der Waals surface area contributed by atoms with E-state index in [9.17, 15) is 4.79 Å². The van der Waals surface area contributed by atoms with Gasteiger partial charge in [0.05, 0.1) is 19.6 Å². The molecule has 0 radical (unpaired) electrons. The summed E-state index contributed by atoms with van der Waals surface area (Å²) >= 11 is 0. The summed E-state index contributed by atoms with van der Waals surface area (Å²) in [6, 6.07) is 18.5. The van der Waals surface area contributed by atoms with E-state index < -0.39 is 0 Å². The van der Waals surface area contributed by atoms with Gasteiger partial charge in [-0.2, -0.15) is 0 Å². The molecule has 0 spiro atoms. The van der Waals surface area contributed by atoms with E-state index in [1.54, 1.807) is 38.5 Å². The summed E-state index contributed by atoms with van der Waals surface area (Å²) in [6.45, 7) is 4.42. The van der Waals surface area contributed by atoms with Crippen molar-refractivity contribution in [3.63, 3.8) is 0 Å². The van der Waals surface area contributed by atoms with Crippen molar-refractivity contribution in [3.05, 3.63) is 82.0 Å². The lowest BCUT2D eigenvalue weighted by Gasteiger charge is -2.14.